The summed E-state index contributed by atoms with van der Waals surface area (Å²) in [7, 11) is 1.12. The summed E-state index contributed by atoms with van der Waals surface area (Å²) in [6, 6.07) is 0.163. The fourth-order valence-corrected chi connectivity index (χ4v) is 1.11. The predicted octanol–water partition coefficient (Wildman–Crippen LogP) is -0.557. The van der Waals surface area contributed by atoms with Gasteiger partial charge in [0.05, 0.1) is 13.7 Å². The molecule has 2 atom stereocenters. The number of carbonyl (C=O) groups excluding carboxylic acids is 1. The van der Waals surface area contributed by atoms with Crippen molar-refractivity contribution in [1.29, 1.82) is 0 Å². The molecule has 0 fully saturated rings. The number of esters is 1. The lowest BCUT2D eigenvalue weighted by Crippen LogP contribution is -2.29. The zero-order valence-electron chi connectivity index (χ0n) is 9.53. The minimum absolute atomic E-state index is 0.163. The Morgan fingerprint density at radius 1 is 1.41 bits per heavy atom. The van der Waals surface area contributed by atoms with E-state index in [0.717, 1.165) is 7.11 Å². The van der Waals surface area contributed by atoms with Crippen LogP contribution in [0, 0.1) is 0 Å². The van der Waals surface area contributed by atoms with E-state index in [4.69, 9.17) is 4.74 Å². The van der Waals surface area contributed by atoms with Crippen LogP contribution in [0.25, 0.3) is 0 Å². The van der Waals surface area contributed by atoms with E-state index in [1.54, 1.807) is 6.92 Å². The molecule has 0 aliphatic heterocycles. The monoisotopic (exact) mass is 242 g/mol. The normalized spacial score (nSPS) is 13.9. The Bertz CT molecular complexity index is 367. The van der Waals surface area contributed by atoms with Crippen molar-refractivity contribution in [2.45, 2.75) is 19.1 Å². The fourth-order valence-electron chi connectivity index (χ4n) is 1.11. The van der Waals surface area contributed by atoms with Crippen molar-refractivity contribution in [2.24, 2.45) is 0 Å². The van der Waals surface area contributed by atoms with Gasteiger partial charge in [-0.2, -0.15) is 0 Å². The molecule has 0 saturated carbocycles. The molecule has 0 saturated heterocycles. The highest BCUT2D eigenvalue weighted by Gasteiger charge is 2.27. The van der Waals surface area contributed by atoms with E-state index in [1.807, 2.05) is 0 Å². The molecule has 1 heterocycles. The highest BCUT2D eigenvalue weighted by molar-refractivity contribution is 5.75. The quantitative estimate of drug-likeness (QED) is 0.667. The SMILES string of the molecule is CCOc1ncc(C(O)C(O)C(=O)OC)cn1. The first-order valence-corrected chi connectivity index (χ1v) is 4.98. The minimum atomic E-state index is -1.67. The molecule has 17 heavy (non-hydrogen) atoms. The summed E-state index contributed by atoms with van der Waals surface area (Å²) in [5.74, 6) is -0.925. The zero-order chi connectivity index (χ0) is 12.8. The number of aliphatic hydroxyl groups is 2. The maximum Gasteiger partial charge on any atom is 0.337 e. The van der Waals surface area contributed by atoms with Crippen LogP contribution in [0.5, 0.6) is 6.01 Å². The Kier molecular flexibility index (Phi) is 4.80. The Morgan fingerprint density at radius 2 is 2.00 bits per heavy atom. The van der Waals surface area contributed by atoms with Crippen LogP contribution >= 0.6 is 0 Å². The largest absolute Gasteiger partial charge is 0.467 e. The summed E-state index contributed by atoms with van der Waals surface area (Å²) < 4.78 is 9.31. The van der Waals surface area contributed by atoms with E-state index >= 15 is 0 Å². The van der Waals surface area contributed by atoms with Gasteiger partial charge in [0.2, 0.25) is 0 Å². The Hall–Kier alpha value is -1.73. The number of ether oxygens (including phenoxy) is 2. The van der Waals surface area contributed by atoms with Crippen LogP contribution in [0.3, 0.4) is 0 Å². The smallest absolute Gasteiger partial charge is 0.337 e. The van der Waals surface area contributed by atoms with Crippen molar-refractivity contribution in [3.05, 3.63) is 18.0 Å². The maximum atomic E-state index is 11.0. The lowest BCUT2D eigenvalue weighted by atomic mass is 10.1. The van der Waals surface area contributed by atoms with E-state index in [-0.39, 0.29) is 11.6 Å². The molecule has 0 bridgehead atoms. The van der Waals surface area contributed by atoms with Gasteiger partial charge in [0, 0.05) is 18.0 Å². The van der Waals surface area contributed by atoms with E-state index in [0.29, 0.717) is 6.61 Å². The Morgan fingerprint density at radius 3 is 2.47 bits per heavy atom. The van der Waals surface area contributed by atoms with E-state index in [1.165, 1.54) is 12.4 Å². The van der Waals surface area contributed by atoms with Gasteiger partial charge in [-0.05, 0) is 6.92 Å². The average molecular weight is 242 g/mol. The third-order valence-electron chi connectivity index (χ3n) is 2.00. The molecule has 0 aromatic carbocycles. The number of hydrogen-bond donors (Lipinski definition) is 2. The number of methoxy groups -OCH3 is 1. The first-order chi connectivity index (χ1) is 8.10. The standard InChI is InChI=1S/C10H14N2O5/c1-3-17-10-11-4-6(5-12-10)7(13)8(14)9(15)16-2/h4-5,7-8,13-14H,3H2,1-2H3. The van der Waals surface area contributed by atoms with Gasteiger partial charge < -0.3 is 19.7 Å². The van der Waals surface area contributed by atoms with Crippen molar-refractivity contribution < 1.29 is 24.5 Å². The van der Waals surface area contributed by atoms with Gasteiger partial charge in [-0.1, -0.05) is 0 Å². The first-order valence-electron chi connectivity index (χ1n) is 4.98. The van der Waals surface area contributed by atoms with Gasteiger partial charge >= 0.3 is 12.0 Å². The van der Waals surface area contributed by atoms with Crippen molar-refractivity contribution >= 4 is 5.97 Å². The predicted molar refractivity (Wildman–Crippen MR) is 56.2 cm³/mol. The summed E-state index contributed by atoms with van der Waals surface area (Å²) in [6.07, 6.45) is -0.552. The maximum absolute atomic E-state index is 11.0. The molecule has 94 valence electrons. The average Bonchev–Trinajstić information content (AvgIpc) is 2.37. The lowest BCUT2D eigenvalue weighted by Gasteiger charge is -2.15. The number of aromatic nitrogens is 2. The molecule has 7 nitrogen and oxygen atoms in total. The molecule has 0 amide bonds. The third kappa shape index (κ3) is 3.36. The van der Waals surface area contributed by atoms with Crippen LogP contribution in [0.4, 0.5) is 0 Å². The number of rotatable bonds is 5. The summed E-state index contributed by atoms with van der Waals surface area (Å²) in [5, 5.41) is 19.0. The number of carbonyl (C=O) groups is 1. The molecule has 0 aliphatic rings. The second-order valence-corrected chi connectivity index (χ2v) is 3.14. The first kappa shape index (κ1) is 13.3. The second kappa shape index (κ2) is 6.12. The summed E-state index contributed by atoms with van der Waals surface area (Å²) >= 11 is 0. The molecule has 7 heteroatoms. The molecule has 0 spiro atoms. The second-order valence-electron chi connectivity index (χ2n) is 3.14. The number of hydrogen-bond acceptors (Lipinski definition) is 7. The van der Waals surface area contributed by atoms with Crippen LogP contribution < -0.4 is 4.74 Å². The summed E-state index contributed by atoms with van der Waals surface area (Å²) in [4.78, 5) is 18.6. The number of aliphatic hydroxyl groups excluding tert-OH is 2. The number of nitrogens with zero attached hydrogens (tertiary/aromatic N) is 2. The third-order valence-corrected chi connectivity index (χ3v) is 2.00. The summed E-state index contributed by atoms with van der Waals surface area (Å²) in [5.41, 5.74) is 0.200. The van der Waals surface area contributed by atoms with E-state index in [9.17, 15) is 15.0 Å². The van der Waals surface area contributed by atoms with E-state index < -0.39 is 18.2 Å². The van der Waals surface area contributed by atoms with Gasteiger partial charge in [0.1, 0.15) is 6.10 Å². The zero-order valence-corrected chi connectivity index (χ0v) is 9.53. The van der Waals surface area contributed by atoms with Crippen molar-refractivity contribution in [2.75, 3.05) is 13.7 Å². The van der Waals surface area contributed by atoms with Crippen LogP contribution in [0.15, 0.2) is 12.4 Å². The van der Waals surface area contributed by atoms with Crippen LogP contribution in [0.2, 0.25) is 0 Å². The van der Waals surface area contributed by atoms with Gasteiger partial charge in [-0.3, -0.25) is 0 Å². The fraction of sp³-hybridized carbons (Fsp3) is 0.500. The molecule has 1 rings (SSSR count). The van der Waals surface area contributed by atoms with Gasteiger partial charge in [-0.15, -0.1) is 0 Å². The molecule has 2 unspecified atom stereocenters. The minimum Gasteiger partial charge on any atom is -0.467 e. The molecule has 2 N–H and O–H groups in total. The molecular weight excluding hydrogens is 228 g/mol. The van der Waals surface area contributed by atoms with Crippen LogP contribution in [0.1, 0.15) is 18.6 Å². The van der Waals surface area contributed by atoms with Crippen molar-refractivity contribution in [1.82, 2.24) is 9.97 Å². The van der Waals surface area contributed by atoms with Gasteiger partial charge in [0.15, 0.2) is 6.10 Å². The topological polar surface area (TPSA) is 102 Å². The summed E-state index contributed by atoms with van der Waals surface area (Å²) in [6.45, 7) is 2.21. The molecule has 0 aliphatic carbocycles. The van der Waals surface area contributed by atoms with Gasteiger partial charge in [-0.25, -0.2) is 14.8 Å². The molecule has 1 aromatic heterocycles. The molecular formula is C10H14N2O5. The highest BCUT2D eigenvalue weighted by Crippen LogP contribution is 2.17. The van der Waals surface area contributed by atoms with Gasteiger partial charge in [0.25, 0.3) is 0 Å². The molecule has 0 radical (unpaired) electrons. The van der Waals surface area contributed by atoms with Crippen LogP contribution in [-0.2, 0) is 9.53 Å². The lowest BCUT2D eigenvalue weighted by molar-refractivity contribution is -0.156. The van der Waals surface area contributed by atoms with E-state index in [2.05, 4.69) is 14.7 Å². The van der Waals surface area contributed by atoms with Crippen molar-refractivity contribution in [3.63, 3.8) is 0 Å². The van der Waals surface area contributed by atoms with Crippen molar-refractivity contribution in [3.8, 4) is 6.01 Å². The highest BCUT2D eigenvalue weighted by atomic mass is 16.5. The Balaban J connectivity index is 2.75. The molecule has 1 aromatic rings. The Labute approximate surface area is 98.0 Å². The van der Waals surface area contributed by atoms with Crippen LogP contribution in [-0.4, -0.2) is 46.0 Å².